The molecule has 0 radical (unpaired) electrons. The highest BCUT2D eigenvalue weighted by Crippen LogP contribution is 2.24. The van der Waals surface area contributed by atoms with Crippen molar-refractivity contribution in [2.75, 3.05) is 12.1 Å². The van der Waals surface area contributed by atoms with Crippen molar-refractivity contribution in [1.82, 2.24) is 19.9 Å². The molecule has 0 aliphatic heterocycles. The lowest BCUT2D eigenvalue weighted by molar-refractivity contribution is 0.593. The quantitative estimate of drug-likeness (QED) is 0.610. The van der Waals surface area contributed by atoms with Crippen LogP contribution in [0.25, 0.3) is 11.3 Å². The summed E-state index contributed by atoms with van der Waals surface area (Å²) in [5.41, 5.74) is 2.63. The van der Waals surface area contributed by atoms with Gasteiger partial charge < -0.3 is 5.84 Å². The molecule has 0 bridgehead atoms. The molecule has 0 aliphatic carbocycles. The molecule has 0 unspecified atom stereocenters. The smallest absolute Gasteiger partial charge is 0.247 e. The summed E-state index contributed by atoms with van der Waals surface area (Å²) in [4.78, 5) is 9.03. The molecule has 0 aliphatic rings. The van der Waals surface area contributed by atoms with E-state index in [9.17, 15) is 8.42 Å². The fraction of sp³-hybridized carbons (Fsp3) is 0.300. The van der Waals surface area contributed by atoms with E-state index >= 15 is 0 Å². The number of sulfone groups is 1. The molecule has 2 heterocycles. The fourth-order valence-electron chi connectivity index (χ4n) is 1.69. The Balaban J connectivity index is 2.66. The van der Waals surface area contributed by atoms with Crippen LogP contribution >= 0.6 is 0 Å². The summed E-state index contributed by atoms with van der Waals surface area (Å²) in [6.45, 7) is 3.57. The number of aromatic nitrogens is 4. The summed E-state index contributed by atoms with van der Waals surface area (Å²) in [6, 6.07) is 1.63. The number of aryl methyl sites for hydroxylation is 1. The zero-order chi connectivity index (χ0) is 13.5. The molecule has 0 saturated carbocycles. The standard InChI is InChI=1S/C10H13N5O2S/c1-6-9(7(2)15(11)14-6)8-4-5-12-10(13-8)18(3,16)17/h4-5H,11H2,1-3H3. The molecular formula is C10H13N5O2S. The van der Waals surface area contributed by atoms with Gasteiger partial charge in [0.15, 0.2) is 0 Å². The van der Waals surface area contributed by atoms with Gasteiger partial charge in [0.2, 0.25) is 15.0 Å². The largest absolute Gasteiger partial charge is 0.323 e. The highest BCUT2D eigenvalue weighted by Gasteiger charge is 2.17. The van der Waals surface area contributed by atoms with E-state index in [1.807, 2.05) is 0 Å². The number of rotatable bonds is 2. The molecule has 0 atom stereocenters. The van der Waals surface area contributed by atoms with E-state index in [2.05, 4.69) is 15.1 Å². The first-order valence-corrected chi connectivity index (χ1v) is 7.04. The van der Waals surface area contributed by atoms with Gasteiger partial charge in [-0.15, -0.1) is 0 Å². The number of hydrogen-bond acceptors (Lipinski definition) is 6. The van der Waals surface area contributed by atoms with Crippen molar-refractivity contribution in [2.45, 2.75) is 19.0 Å². The van der Waals surface area contributed by atoms with Gasteiger partial charge in [0.05, 0.1) is 17.1 Å². The summed E-state index contributed by atoms with van der Waals surface area (Å²) in [7, 11) is -3.43. The highest BCUT2D eigenvalue weighted by molar-refractivity contribution is 7.90. The van der Waals surface area contributed by atoms with Gasteiger partial charge in [-0.25, -0.2) is 18.4 Å². The third-order valence-corrected chi connectivity index (χ3v) is 3.41. The Morgan fingerprint density at radius 1 is 1.33 bits per heavy atom. The average molecular weight is 267 g/mol. The van der Waals surface area contributed by atoms with Crippen LogP contribution < -0.4 is 5.84 Å². The Hall–Kier alpha value is -1.96. The topological polar surface area (TPSA) is 104 Å². The second-order valence-corrected chi connectivity index (χ2v) is 5.90. The molecule has 2 N–H and O–H groups in total. The molecule has 0 amide bonds. The minimum absolute atomic E-state index is 0.205. The van der Waals surface area contributed by atoms with Crippen molar-refractivity contribution in [2.24, 2.45) is 0 Å². The molecule has 2 rings (SSSR count). The Bertz CT molecular complexity index is 705. The fourth-order valence-corrected chi connectivity index (χ4v) is 2.21. The van der Waals surface area contributed by atoms with Gasteiger partial charge in [-0.1, -0.05) is 0 Å². The van der Waals surface area contributed by atoms with E-state index in [1.165, 1.54) is 11.0 Å². The first kappa shape index (κ1) is 12.5. The second kappa shape index (κ2) is 4.05. The first-order chi connectivity index (χ1) is 8.30. The highest BCUT2D eigenvalue weighted by atomic mass is 32.2. The Labute approximate surface area is 105 Å². The van der Waals surface area contributed by atoms with Crippen LogP contribution in [-0.2, 0) is 9.84 Å². The molecule has 0 aromatic carbocycles. The van der Waals surface area contributed by atoms with Crippen molar-refractivity contribution in [3.63, 3.8) is 0 Å². The van der Waals surface area contributed by atoms with E-state index in [1.54, 1.807) is 19.9 Å². The van der Waals surface area contributed by atoms with Gasteiger partial charge in [0, 0.05) is 18.0 Å². The average Bonchev–Trinajstić information content (AvgIpc) is 2.52. The van der Waals surface area contributed by atoms with Crippen LogP contribution in [0.2, 0.25) is 0 Å². The minimum Gasteiger partial charge on any atom is -0.323 e. The first-order valence-electron chi connectivity index (χ1n) is 5.15. The Morgan fingerprint density at radius 2 is 2.00 bits per heavy atom. The monoisotopic (exact) mass is 267 g/mol. The zero-order valence-corrected chi connectivity index (χ0v) is 11.1. The van der Waals surface area contributed by atoms with Crippen LogP contribution in [0.15, 0.2) is 17.4 Å². The maximum Gasteiger partial charge on any atom is 0.247 e. The van der Waals surface area contributed by atoms with Crippen molar-refractivity contribution in [3.8, 4) is 11.3 Å². The molecule has 2 aromatic rings. The maximum atomic E-state index is 11.4. The van der Waals surface area contributed by atoms with Gasteiger partial charge in [0.1, 0.15) is 0 Å². The molecule has 0 saturated heterocycles. The van der Waals surface area contributed by atoms with Gasteiger partial charge in [0.25, 0.3) is 0 Å². The predicted octanol–water partition coefficient (Wildman–Crippen LogP) is 0.0742. The summed E-state index contributed by atoms with van der Waals surface area (Å²) < 4.78 is 22.8. The van der Waals surface area contributed by atoms with Crippen LogP contribution in [0, 0.1) is 13.8 Å². The van der Waals surface area contributed by atoms with Gasteiger partial charge in [-0.3, -0.25) is 0 Å². The normalized spacial score (nSPS) is 11.7. The number of nitrogens with zero attached hydrogens (tertiary/aromatic N) is 4. The SMILES string of the molecule is Cc1nn(N)c(C)c1-c1ccnc(S(C)(=O)=O)n1. The molecule has 0 spiro atoms. The lowest BCUT2D eigenvalue weighted by Crippen LogP contribution is -2.11. The van der Waals surface area contributed by atoms with Crippen LogP contribution in [-0.4, -0.2) is 34.5 Å². The summed E-state index contributed by atoms with van der Waals surface area (Å²) in [5.74, 6) is 5.65. The predicted molar refractivity (Wildman–Crippen MR) is 66.0 cm³/mol. The maximum absolute atomic E-state index is 11.4. The van der Waals surface area contributed by atoms with Crippen LogP contribution in [0.3, 0.4) is 0 Å². The molecule has 96 valence electrons. The van der Waals surface area contributed by atoms with E-state index in [0.717, 1.165) is 11.8 Å². The molecule has 0 fully saturated rings. The lowest BCUT2D eigenvalue weighted by atomic mass is 10.1. The molecule has 7 nitrogen and oxygen atoms in total. The second-order valence-electron chi connectivity index (χ2n) is 3.99. The third kappa shape index (κ3) is 2.06. The molecular weight excluding hydrogens is 254 g/mol. The molecule has 18 heavy (non-hydrogen) atoms. The number of nitrogens with two attached hydrogens (primary N) is 1. The Kier molecular flexibility index (Phi) is 2.81. The van der Waals surface area contributed by atoms with Crippen molar-refractivity contribution < 1.29 is 8.42 Å². The zero-order valence-electron chi connectivity index (χ0n) is 10.2. The minimum atomic E-state index is -3.43. The van der Waals surface area contributed by atoms with E-state index in [0.29, 0.717) is 17.1 Å². The third-order valence-electron chi connectivity index (χ3n) is 2.55. The summed E-state index contributed by atoms with van der Waals surface area (Å²) >= 11 is 0. The van der Waals surface area contributed by atoms with Gasteiger partial charge >= 0.3 is 0 Å². The van der Waals surface area contributed by atoms with Gasteiger partial charge in [-0.2, -0.15) is 9.89 Å². The lowest BCUT2D eigenvalue weighted by Gasteiger charge is -2.02. The van der Waals surface area contributed by atoms with Crippen LogP contribution in [0.1, 0.15) is 11.4 Å². The number of hydrogen-bond donors (Lipinski definition) is 1. The van der Waals surface area contributed by atoms with Crippen LogP contribution in [0.4, 0.5) is 0 Å². The van der Waals surface area contributed by atoms with Crippen molar-refractivity contribution >= 4 is 9.84 Å². The van der Waals surface area contributed by atoms with E-state index < -0.39 is 9.84 Å². The summed E-state index contributed by atoms with van der Waals surface area (Å²) in [5, 5.41) is 3.86. The van der Waals surface area contributed by atoms with Crippen molar-refractivity contribution in [1.29, 1.82) is 0 Å². The molecule has 2 aromatic heterocycles. The van der Waals surface area contributed by atoms with Crippen LogP contribution in [0.5, 0.6) is 0 Å². The molecule has 8 heteroatoms. The number of nitrogen functional groups attached to an aromatic ring is 1. The van der Waals surface area contributed by atoms with Crippen molar-refractivity contribution in [3.05, 3.63) is 23.7 Å². The van der Waals surface area contributed by atoms with E-state index in [-0.39, 0.29) is 5.16 Å². The Morgan fingerprint density at radius 3 is 2.50 bits per heavy atom. The summed E-state index contributed by atoms with van der Waals surface area (Å²) in [6.07, 6.45) is 2.48. The van der Waals surface area contributed by atoms with Gasteiger partial charge in [-0.05, 0) is 19.9 Å². The van der Waals surface area contributed by atoms with E-state index in [4.69, 9.17) is 5.84 Å².